The second kappa shape index (κ2) is 16.2. The number of esters is 1. The number of likely N-dealkylation sites (N-methyl/N-ethyl adjacent to an activating group) is 1. The molecule has 1 aromatic carbocycles. The number of rotatable bonds is 12. The minimum Gasteiger partial charge on any atom is -0.467 e. The lowest BCUT2D eigenvalue weighted by molar-refractivity contribution is -0.145. The Balaban J connectivity index is 1.35. The van der Waals surface area contributed by atoms with Gasteiger partial charge in [-0.05, 0) is 58.4 Å². The van der Waals surface area contributed by atoms with Crippen molar-refractivity contribution in [3.63, 3.8) is 0 Å². The second-order valence-corrected chi connectivity index (χ2v) is 13.5. The number of benzene rings is 1. The van der Waals surface area contributed by atoms with Crippen LogP contribution in [-0.2, 0) is 36.9 Å². The van der Waals surface area contributed by atoms with Crippen LogP contribution in [0.2, 0.25) is 0 Å². The molecule has 1 fully saturated rings. The number of hydrogen-bond acceptors (Lipinski definition) is 11. The topological polar surface area (TPSA) is 150 Å². The molecule has 1 aliphatic rings. The molecule has 272 valence electrons. The molecule has 0 unspecified atom stereocenters. The minimum absolute atomic E-state index is 0.0894. The molecule has 0 spiro atoms. The fraction of sp³-hybridized carbons (Fsp3) is 0.459. The Morgan fingerprint density at radius 2 is 1.82 bits per heavy atom. The van der Waals surface area contributed by atoms with Gasteiger partial charge in [-0.25, -0.2) is 24.4 Å². The fourth-order valence-corrected chi connectivity index (χ4v) is 6.09. The Morgan fingerprint density at radius 3 is 2.53 bits per heavy atom. The van der Waals surface area contributed by atoms with Gasteiger partial charge in [0.1, 0.15) is 35.6 Å². The molecule has 14 heteroatoms. The quantitative estimate of drug-likeness (QED) is 0.149. The molecule has 1 aliphatic heterocycles. The van der Waals surface area contributed by atoms with Crippen LogP contribution in [0.3, 0.4) is 0 Å². The number of pyridine rings is 2. The number of amides is 2. The van der Waals surface area contributed by atoms with Gasteiger partial charge in [-0.1, -0.05) is 36.4 Å². The van der Waals surface area contributed by atoms with Gasteiger partial charge in [0.2, 0.25) is 0 Å². The van der Waals surface area contributed by atoms with Crippen LogP contribution in [0.4, 0.5) is 15.4 Å². The van der Waals surface area contributed by atoms with Crippen LogP contribution in [0.1, 0.15) is 45.5 Å². The number of likely N-dealkylation sites (tertiary alicyclic amines) is 1. The van der Waals surface area contributed by atoms with Crippen LogP contribution >= 0.6 is 0 Å². The highest BCUT2D eigenvalue weighted by atomic mass is 16.6. The lowest BCUT2D eigenvalue weighted by Gasteiger charge is -2.28. The van der Waals surface area contributed by atoms with Gasteiger partial charge in [-0.3, -0.25) is 9.88 Å². The number of imidazole rings is 1. The first kappa shape index (κ1) is 37.0. The van der Waals surface area contributed by atoms with Crippen LogP contribution in [0.15, 0.2) is 60.8 Å². The Morgan fingerprint density at radius 1 is 1.06 bits per heavy atom. The number of carbonyl (C=O) groups excluding carboxylic acids is 3. The van der Waals surface area contributed by atoms with E-state index in [1.165, 1.54) is 16.9 Å². The molecule has 2 amide bonds. The van der Waals surface area contributed by atoms with Crippen LogP contribution in [-0.4, -0.2) is 105 Å². The third-order valence-electron chi connectivity index (χ3n) is 8.37. The van der Waals surface area contributed by atoms with Crippen LogP contribution < -0.4 is 5.32 Å². The van der Waals surface area contributed by atoms with E-state index in [0.717, 1.165) is 22.4 Å². The third kappa shape index (κ3) is 9.31. The minimum atomic E-state index is -0.806. The highest BCUT2D eigenvalue weighted by molar-refractivity contribution is 5.89. The number of nitrogens with one attached hydrogen (secondary N) is 1. The molecule has 14 nitrogen and oxygen atoms in total. The number of anilines is 1. The third-order valence-corrected chi connectivity index (χ3v) is 8.37. The summed E-state index contributed by atoms with van der Waals surface area (Å²) in [5.74, 6) is 0.797. The monoisotopic (exact) mass is 701 g/mol. The largest absolute Gasteiger partial charge is 0.467 e. The van der Waals surface area contributed by atoms with Crippen LogP contribution in [0.5, 0.6) is 0 Å². The smallest absolute Gasteiger partial charge is 0.410 e. The number of aromatic nitrogens is 4. The summed E-state index contributed by atoms with van der Waals surface area (Å²) in [4.78, 5) is 55.9. The predicted octanol–water partition coefficient (Wildman–Crippen LogP) is 5.44. The number of methoxy groups -OCH3 is 1. The molecule has 0 radical (unpaired) electrons. The summed E-state index contributed by atoms with van der Waals surface area (Å²) in [6.45, 7) is 10.8. The molecule has 51 heavy (non-hydrogen) atoms. The highest BCUT2D eigenvalue weighted by Gasteiger charge is 2.41. The van der Waals surface area contributed by atoms with Gasteiger partial charge in [0.15, 0.2) is 0 Å². The first-order chi connectivity index (χ1) is 24.4. The molecular formula is C37H47N7O7. The number of carbonyl (C=O) groups is 3. The number of hydrogen-bond donors (Lipinski definition) is 1. The average Bonchev–Trinajstić information content (AvgIpc) is 3.67. The molecule has 0 saturated carbocycles. The van der Waals surface area contributed by atoms with Crippen molar-refractivity contribution in [1.82, 2.24) is 29.3 Å². The maximum Gasteiger partial charge on any atom is 0.410 e. The Hall–Kier alpha value is -5.24. The molecule has 0 aliphatic carbocycles. The van der Waals surface area contributed by atoms with Gasteiger partial charge in [0, 0.05) is 38.9 Å². The predicted molar refractivity (Wildman–Crippen MR) is 191 cm³/mol. The molecule has 1 N–H and O–H groups in total. The van der Waals surface area contributed by atoms with E-state index in [4.69, 9.17) is 33.9 Å². The first-order valence-electron chi connectivity index (χ1n) is 17.0. The van der Waals surface area contributed by atoms with Crippen molar-refractivity contribution in [1.29, 1.82) is 0 Å². The van der Waals surface area contributed by atoms with E-state index in [1.807, 2.05) is 93.8 Å². The van der Waals surface area contributed by atoms with Crippen molar-refractivity contribution in [2.24, 2.45) is 0 Å². The van der Waals surface area contributed by atoms with Gasteiger partial charge in [-0.15, -0.1) is 0 Å². The van der Waals surface area contributed by atoms with E-state index in [-0.39, 0.29) is 25.3 Å². The molecular weight excluding hydrogens is 654 g/mol. The first-order valence-corrected chi connectivity index (χ1v) is 17.0. The molecule has 4 heterocycles. The van der Waals surface area contributed by atoms with Crippen molar-refractivity contribution < 1.29 is 33.3 Å². The maximum atomic E-state index is 13.1. The van der Waals surface area contributed by atoms with Crippen LogP contribution in [0.25, 0.3) is 22.4 Å². The molecule has 0 bridgehead atoms. The van der Waals surface area contributed by atoms with E-state index >= 15 is 0 Å². The Kier molecular flexibility index (Phi) is 11.8. The zero-order valence-electron chi connectivity index (χ0n) is 30.3. The maximum absolute atomic E-state index is 13.1. The lowest BCUT2D eigenvalue weighted by atomic mass is 10.1. The summed E-state index contributed by atoms with van der Waals surface area (Å²) in [6, 6.07) is 15.7. The fourth-order valence-electron chi connectivity index (χ4n) is 6.09. The van der Waals surface area contributed by atoms with Crippen molar-refractivity contribution in [2.75, 3.05) is 39.2 Å². The Labute approximate surface area is 298 Å². The lowest BCUT2D eigenvalue weighted by Crippen LogP contribution is -2.41. The van der Waals surface area contributed by atoms with Crippen LogP contribution in [0, 0.1) is 6.92 Å². The number of ether oxygens (including phenoxy) is 4. The van der Waals surface area contributed by atoms with Gasteiger partial charge in [-0.2, -0.15) is 0 Å². The van der Waals surface area contributed by atoms with Crippen molar-refractivity contribution in [3.8, 4) is 11.4 Å². The number of aryl methyl sites for hydroxylation is 1. The average molecular weight is 702 g/mol. The second-order valence-electron chi connectivity index (χ2n) is 13.5. The zero-order valence-corrected chi connectivity index (χ0v) is 30.3. The summed E-state index contributed by atoms with van der Waals surface area (Å²) in [5, 5.41) is 3.40. The summed E-state index contributed by atoms with van der Waals surface area (Å²) in [5.41, 5.74) is 2.98. The number of nitrogens with zero attached hydrogens (tertiary/aromatic N) is 6. The SMILES string of the molecule is CCO[C@@H](CN(C)C(=O)OC(C)(C)C)Cn1c(C)nc2ccnc(-c3cccc(N[C@H]4C[C@@H](C(=O)OC)N(C(=O)OCc5ccccc5)C4)n3)c21. The zero-order chi connectivity index (χ0) is 36.7. The van der Waals surface area contributed by atoms with Crippen molar-refractivity contribution >= 4 is 35.0 Å². The summed E-state index contributed by atoms with van der Waals surface area (Å²) >= 11 is 0. The van der Waals surface area contributed by atoms with Gasteiger partial charge >= 0.3 is 18.2 Å². The van der Waals surface area contributed by atoms with Gasteiger partial charge in [0.25, 0.3) is 0 Å². The molecule has 4 aromatic rings. The number of fused-ring (bicyclic) bond motifs is 1. The highest BCUT2D eigenvalue weighted by Crippen LogP contribution is 2.29. The molecule has 3 atom stereocenters. The molecule has 3 aromatic heterocycles. The van der Waals surface area contributed by atoms with E-state index in [0.29, 0.717) is 43.3 Å². The van der Waals surface area contributed by atoms with Gasteiger partial charge < -0.3 is 33.7 Å². The van der Waals surface area contributed by atoms with E-state index in [9.17, 15) is 14.4 Å². The van der Waals surface area contributed by atoms with E-state index < -0.39 is 29.8 Å². The van der Waals surface area contributed by atoms with Crippen molar-refractivity contribution in [2.45, 2.75) is 78.0 Å². The van der Waals surface area contributed by atoms with E-state index in [2.05, 4.69) is 5.32 Å². The molecule has 5 rings (SSSR count). The summed E-state index contributed by atoms with van der Waals surface area (Å²) in [6.07, 6.45) is 0.633. The Bertz CT molecular complexity index is 1830. The normalized spacial score (nSPS) is 16.5. The standard InChI is InChI=1S/C37H47N7O7/c1-8-49-27(21-42(6)35(46)51-37(3,4)5)22-43-24(2)39-29-17-18-38-32(33(29)43)28-15-12-16-31(41-28)40-26-19-30(34(45)48-7)44(20-26)36(47)50-23-25-13-10-9-11-14-25/h9-18,26-27,30H,8,19-23H2,1-7H3,(H,40,41)/t26-,27-,30-/m0/s1. The molecule has 1 saturated heterocycles. The van der Waals surface area contributed by atoms with Crippen molar-refractivity contribution in [3.05, 3.63) is 72.2 Å². The van der Waals surface area contributed by atoms with Gasteiger partial charge in [0.05, 0.1) is 43.0 Å². The summed E-state index contributed by atoms with van der Waals surface area (Å²) < 4.78 is 24.2. The van der Waals surface area contributed by atoms with E-state index in [1.54, 1.807) is 13.2 Å². The summed E-state index contributed by atoms with van der Waals surface area (Å²) in [7, 11) is 3.00.